The van der Waals surface area contributed by atoms with Crippen LogP contribution in [0.1, 0.15) is 43.5 Å². The lowest BCUT2D eigenvalue weighted by Crippen LogP contribution is -2.26. The van der Waals surface area contributed by atoms with Gasteiger partial charge in [0.05, 0.1) is 6.42 Å². The van der Waals surface area contributed by atoms with Gasteiger partial charge in [0.1, 0.15) is 0 Å². The molecule has 1 aliphatic rings. The molecule has 1 aromatic carbocycles. The third-order valence-electron chi connectivity index (χ3n) is 4.51. The first kappa shape index (κ1) is 17.0. The third kappa shape index (κ3) is 4.31. The van der Waals surface area contributed by atoms with Crippen LogP contribution in [0.25, 0.3) is 0 Å². The van der Waals surface area contributed by atoms with Gasteiger partial charge in [-0.3, -0.25) is 14.4 Å². The predicted octanol–water partition coefficient (Wildman–Crippen LogP) is 2.27. The minimum absolute atomic E-state index is 0.0213. The summed E-state index contributed by atoms with van der Waals surface area (Å²) in [7, 11) is 0. The fourth-order valence-corrected chi connectivity index (χ4v) is 2.53. The molecule has 0 aliphatic heterocycles. The van der Waals surface area contributed by atoms with Crippen LogP contribution in [-0.4, -0.2) is 29.4 Å². The van der Waals surface area contributed by atoms with Crippen LogP contribution in [0, 0.1) is 11.3 Å². The number of carbonyl (C=O) groups excluding carboxylic acids is 2. The first-order valence-electron chi connectivity index (χ1n) is 7.76. The molecule has 0 spiro atoms. The molecule has 124 valence electrons. The van der Waals surface area contributed by atoms with Gasteiger partial charge >= 0.3 is 5.97 Å². The number of amides is 2. The summed E-state index contributed by atoms with van der Waals surface area (Å²) in [6.07, 6.45) is 1.79. The Hall–Kier alpha value is -2.37. The van der Waals surface area contributed by atoms with Gasteiger partial charge in [0, 0.05) is 23.7 Å². The molecule has 2 rings (SSSR count). The van der Waals surface area contributed by atoms with E-state index in [9.17, 15) is 14.4 Å². The fraction of sp³-hybridized carbons (Fsp3) is 0.471. The Bertz CT molecular complexity index is 612. The largest absolute Gasteiger partial charge is 0.481 e. The summed E-state index contributed by atoms with van der Waals surface area (Å²) in [5.41, 5.74) is 1.20. The van der Waals surface area contributed by atoms with Gasteiger partial charge < -0.3 is 15.7 Å². The van der Waals surface area contributed by atoms with E-state index in [1.807, 2.05) is 0 Å². The van der Waals surface area contributed by atoms with Crippen LogP contribution in [0.4, 0.5) is 5.69 Å². The molecule has 1 fully saturated rings. The molecule has 1 aromatic rings. The van der Waals surface area contributed by atoms with Gasteiger partial charge in [0.25, 0.3) is 5.91 Å². The Morgan fingerprint density at radius 2 is 1.91 bits per heavy atom. The monoisotopic (exact) mass is 318 g/mol. The molecule has 0 heterocycles. The van der Waals surface area contributed by atoms with Crippen LogP contribution >= 0.6 is 0 Å². The zero-order valence-electron chi connectivity index (χ0n) is 13.4. The van der Waals surface area contributed by atoms with Crippen molar-refractivity contribution >= 4 is 23.5 Å². The molecule has 0 aromatic heterocycles. The molecule has 1 aliphatic carbocycles. The van der Waals surface area contributed by atoms with E-state index in [1.54, 1.807) is 24.3 Å². The Morgan fingerprint density at radius 3 is 2.43 bits per heavy atom. The molecule has 0 bridgehead atoms. The second-order valence-corrected chi connectivity index (χ2v) is 6.23. The van der Waals surface area contributed by atoms with Crippen molar-refractivity contribution in [1.82, 2.24) is 5.32 Å². The van der Waals surface area contributed by atoms with Crippen LogP contribution in [0.5, 0.6) is 0 Å². The van der Waals surface area contributed by atoms with Crippen molar-refractivity contribution in [2.24, 2.45) is 11.3 Å². The Kier molecular flexibility index (Phi) is 5.03. The quantitative estimate of drug-likeness (QED) is 0.718. The zero-order valence-corrected chi connectivity index (χ0v) is 13.4. The van der Waals surface area contributed by atoms with Crippen molar-refractivity contribution in [2.75, 3.05) is 11.9 Å². The summed E-state index contributed by atoms with van der Waals surface area (Å²) in [6, 6.07) is 6.57. The fourth-order valence-electron chi connectivity index (χ4n) is 2.53. The number of hydrogen-bond acceptors (Lipinski definition) is 3. The van der Waals surface area contributed by atoms with Crippen LogP contribution in [-0.2, 0) is 9.59 Å². The van der Waals surface area contributed by atoms with E-state index in [-0.39, 0.29) is 36.1 Å². The summed E-state index contributed by atoms with van der Waals surface area (Å²) in [5, 5.41) is 13.9. The number of aliphatic carboxylic acids is 1. The maximum absolute atomic E-state index is 12.1. The number of rotatable bonds is 7. The highest BCUT2D eigenvalue weighted by molar-refractivity contribution is 5.97. The molecule has 2 unspecified atom stereocenters. The maximum atomic E-state index is 12.1. The van der Waals surface area contributed by atoms with Crippen LogP contribution in [0.15, 0.2) is 24.3 Å². The molecular weight excluding hydrogens is 296 g/mol. The average Bonchev–Trinajstić information content (AvgIpc) is 3.20. The Labute approximate surface area is 135 Å². The van der Waals surface area contributed by atoms with Gasteiger partial charge in [0.15, 0.2) is 0 Å². The number of nitrogens with one attached hydrogen (secondary N) is 2. The first-order valence-corrected chi connectivity index (χ1v) is 7.76. The predicted molar refractivity (Wildman–Crippen MR) is 86.2 cm³/mol. The molecule has 0 saturated heterocycles. The summed E-state index contributed by atoms with van der Waals surface area (Å²) in [5.74, 6) is -1.20. The second-order valence-electron chi connectivity index (χ2n) is 6.23. The lowest BCUT2D eigenvalue weighted by Gasteiger charge is -2.09. The van der Waals surface area contributed by atoms with Crippen molar-refractivity contribution < 1.29 is 19.5 Å². The highest BCUT2D eigenvalue weighted by Crippen LogP contribution is 2.55. The molecule has 6 nitrogen and oxygen atoms in total. The SMILES string of the molecule is CCC1(C)CC1C(=O)Nc1ccc(C(=O)NCCC(=O)O)cc1. The summed E-state index contributed by atoms with van der Waals surface area (Å²) in [6.45, 7) is 4.29. The van der Waals surface area contributed by atoms with Crippen molar-refractivity contribution in [3.8, 4) is 0 Å². The van der Waals surface area contributed by atoms with E-state index in [2.05, 4.69) is 24.5 Å². The van der Waals surface area contributed by atoms with E-state index in [4.69, 9.17) is 5.11 Å². The van der Waals surface area contributed by atoms with E-state index >= 15 is 0 Å². The molecular formula is C17H22N2O4. The van der Waals surface area contributed by atoms with E-state index < -0.39 is 5.97 Å². The van der Waals surface area contributed by atoms with Crippen LogP contribution in [0.2, 0.25) is 0 Å². The van der Waals surface area contributed by atoms with Crippen molar-refractivity contribution in [3.63, 3.8) is 0 Å². The number of benzene rings is 1. The smallest absolute Gasteiger partial charge is 0.305 e. The molecule has 3 N–H and O–H groups in total. The number of carboxylic acids is 1. The summed E-state index contributed by atoms with van der Waals surface area (Å²) in [4.78, 5) is 34.3. The van der Waals surface area contributed by atoms with Gasteiger partial charge in [-0.1, -0.05) is 13.8 Å². The van der Waals surface area contributed by atoms with Crippen molar-refractivity contribution in [3.05, 3.63) is 29.8 Å². The molecule has 1 saturated carbocycles. The summed E-state index contributed by atoms with van der Waals surface area (Å²) < 4.78 is 0. The minimum atomic E-state index is -0.956. The number of hydrogen-bond donors (Lipinski definition) is 3. The van der Waals surface area contributed by atoms with Gasteiger partial charge in [0.2, 0.25) is 5.91 Å². The van der Waals surface area contributed by atoms with Gasteiger partial charge in [-0.05, 0) is 42.5 Å². The standard InChI is InChI=1S/C17H22N2O4/c1-3-17(2)10-13(17)16(23)19-12-6-4-11(5-7-12)15(22)18-9-8-14(20)21/h4-7,13H,3,8-10H2,1-2H3,(H,18,22)(H,19,23)(H,20,21). The minimum Gasteiger partial charge on any atom is -0.481 e. The molecule has 6 heteroatoms. The molecule has 0 radical (unpaired) electrons. The number of carbonyl (C=O) groups is 3. The number of anilines is 1. The highest BCUT2D eigenvalue weighted by atomic mass is 16.4. The summed E-state index contributed by atoms with van der Waals surface area (Å²) >= 11 is 0. The Morgan fingerprint density at radius 1 is 1.26 bits per heavy atom. The van der Waals surface area contributed by atoms with Crippen molar-refractivity contribution in [1.29, 1.82) is 0 Å². The van der Waals surface area contributed by atoms with Crippen LogP contribution in [0.3, 0.4) is 0 Å². The zero-order chi connectivity index (χ0) is 17.0. The van der Waals surface area contributed by atoms with Gasteiger partial charge in [-0.15, -0.1) is 0 Å². The van der Waals surface area contributed by atoms with Crippen LogP contribution < -0.4 is 10.6 Å². The lowest BCUT2D eigenvalue weighted by molar-refractivity contribution is -0.136. The normalized spacial score (nSPS) is 22.3. The third-order valence-corrected chi connectivity index (χ3v) is 4.51. The topological polar surface area (TPSA) is 95.5 Å². The average molecular weight is 318 g/mol. The first-order chi connectivity index (χ1) is 10.9. The highest BCUT2D eigenvalue weighted by Gasteiger charge is 2.52. The molecule has 23 heavy (non-hydrogen) atoms. The number of carboxylic acid groups (broad SMARTS) is 1. The van der Waals surface area contributed by atoms with E-state index in [0.717, 1.165) is 12.8 Å². The van der Waals surface area contributed by atoms with Crippen molar-refractivity contribution in [2.45, 2.75) is 33.1 Å². The maximum Gasteiger partial charge on any atom is 0.305 e. The lowest BCUT2D eigenvalue weighted by atomic mass is 10.0. The molecule has 2 atom stereocenters. The van der Waals surface area contributed by atoms with Gasteiger partial charge in [-0.25, -0.2) is 0 Å². The second kappa shape index (κ2) is 6.81. The van der Waals surface area contributed by atoms with E-state index in [1.165, 1.54) is 0 Å². The van der Waals surface area contributed by atoms with Gasteiger partial charge in [-0.2, -0.15) is 0 Å². The van der Waals surface area contributed by atoms with E-state index in [0.29, 0.717) is 11.3 Å². The Balaban J connectivity index is 1.86. The molecule has 2 amide bonds.